The summed E-state index contributed by atoms with van der Waals surface area (Å²) in [6, 6.07) is 4.40. The van der Waals surface area contributed by atoms with Crippen molar-refractivity contribution in [3.05, 3.63) is 40.8 Å². The summed E-state index contributed by atoms with van der Waals surface area (Å²) < 4.78 is 2.05. The lowest BCUT2D eigenvalue weighted by atomic mass is 10.2. The number of imidazole rings is 1. The van der Waals surface area contributed by atoms with Crippen LogP contribution in [0.2, 0.25) is 5.15 Å². The lowest BCUT2D eigenvalue weighted by Gasteiger charge is -2.25. The first-order valence-corrected chi connectivity index (χ1v) is 8.93. The van der Waals surface area contributed by atoms with E-state index in [1.807, 2.05) is 23.7 Å². The number of hydrogen-bond donors (Lipinski definition) is 1. The Bertz CT molecular complexity index is 786. The third kappa shape index (κ3) is 2.91. The van der Waals surface area contributed by atoms with E-state index in [1.54, 1.807) is 17.5 Å². The zero-order valence-electron chi connectivity index (χ0n) is 12.5. The fourth-order valence-electron chi connectivity index (χ4n) is 3.12. The molecule has 1 fully saturated rings. The van der Waals surface area contributed by atoms with Crippen molar-refractivity contribution in [1.82, 2.24) is 24.9 Å². The molecule has 4 heterocycles. The Balaban J connectivity index is 1.41. The third-order valence-corrected chi connectivity index (χ3v) is 5.27. The minimum atomic E-state index is 0.441. The van der Waals surface area contributed by atoms with Crippen molar-refractivity contribution in [2.24, 2.45) is 0 Å². The number of anilines is 1. The van der Waals surface area contributed by atoms with Gasteiger partial charge in [0.05, 0.1) is 5.69 Å². The van der Waals surface area contributed by atoms with Crippen LogP contribution < -0.4 is 10.2 Å². The number of hydrogen-bond acceptors (Lipinski definition) is 6. The highest BCUT2D eigenvalue weighted by Gasteiger charge is 2.25. The fourth-order valence-corrected chi connectivity index (χ4v) is 4.14. The van der Waals surface area contributed by atoms with E-state index in [4.69, 9.17) is 11.6 Å². The van der Waals surface area contributed by atoms with Gasteiger partial charge in [-0.15, -0.1) is 16.4 Å². The molecule has 120 valence electrons. The highest BCUT2D eigenvalue weighted by atomic mass is 35.5. The van der Waals surface area contributed by atoms with E-state index in [-0.39, 0.29) is 0 Å². The Morgan fingerprint density at radius 3 is 3.26 bits per heavy atom. The molecule has 0 aromatic carbocycles. The van der Waals surface area contributed by atoms with Crippen LogP contribution in [-0.2, 0) is 6.54 Å². The van der Waals surface area contributed by atoms with Crippen molar-refractivity contribution in [1.29, 1.82) is 0 Å². The summed E-state index contributed by atoms with van der Waals surface area (Å²) in [6.45, 7) is 2.64. The first-order valence-electron chi connectivity index (χ1n) is 7.68. The summed E-state index contributed by atoms with van der Waals surface area (Å²) in [4.78, 5) is 7.63. The normalized spacial score (nSPS) is 18.1. The zero-order chi connectivity index (χ0) is 15.6. The van der Waals surface area contributed by atoms with E-state index in [2.05, 4.69) is 29.8 Å². The second kappa shape index (κ2) is 6.43. The van der Waals surface area contributed by atoms with Crippen molar-refractivity contribution in [3.63, 3.8) is 0 Å². The van der Waals surface area contributed by atoms with Crippen LogP contribution in [0.15, 0.2) is 29.9 Å². The molecular formula is C15H17ClN6S. The Morgan fingerprint density at radius 1 is 1.43 bits per heavy atom. The second-order valence-electron chi connectivity index (χ2n) is 5.61. The maximum absolute atomic E-state index is 6.24. The monoisotopic (exact) mass is 348 g/mol. The molecule has 3 aromatic rings. The Hall–Kier alpha value is -1.70. The first kappa shape index (κ1) is 14.9. The third-order valence-electron chi connectivity index (χ3n) is 4.21. The summed E-state index contributed by atoms with van der Waals surface area (Å²) in [6.07, 6.45) is 6.07. The van der Waals surface area contributed by atoms with Gasteiger partial charge in [-0.05, 0) is 25.0 Å². The molecule has 3 aromatic heterocycles. The van der Waals surface area contributed by atoms with Gasteiger partial charge in [0.1, 0.15) is 0 Å². The van der Waals surface area contributed by atoms with Gasteiger partial charge in [-0.25, -0.2) is 4.98 Å². The van der Waals surface area contributed by atoms with Crippen LogP contribution in [0.3, 0.4) is 0 Å². The summed E-state index contributed by atoms with van der Waals surface area (Å²) >= 11 is 7.83. The minimum Gasteiger partial charge on any atom is -0.351 e. The van der Waals surface area contributed by atoms with Gasteiger partial charge in [0, 0.05) is 43.4 Å². The van der Waals surface area contributed by atoms with Crippen LogP contribution in [0.25, 0.3) is 4.96 Å². The van der Waals surface area contributed by atoms with Crippen LogP contribution in [0.5, 0.6) is 0 Å². The fraction of sp³-hybridized carbons (Fsp3) is 0.400. The van der Waals surface area contributed by atoms with Gasteiger partial charge in [0.2, 0.25) is 0 Å². The summed E-state index contributed by atoms with van der Waals surface area (Å²) in [7, 11) is 0. The van der Waals surface area contributed by atoms with Crippen LogP contribution in [-0.4, -0.2) is 38.7 Å². The summed E-state index contributed by atoms with van der Waals surface area (Å²) in [5.41, 5.74) is 1.02. The van der Waals surface area contributed by atoms with Gasteiger partial charge < -0.3 is 10.2 Å². The van der Waals surface area contributed by atoms with Gasteiger partial charge >= 0.3 is 0 Å². The zero-order valence-corrected chi connectivity index (χ0v) is 14.1. The molecule has 0 radical (unpaired) electrons. The number of aromatic nitrogens is 4. The van der Waals surface area contributed by atoms with E-state index in [0.29, 0.717) is 17.7 Å². The van der Waals surface area contributed by atoms with Crippen molar-refractivity contribution in [3.8, 4) is 0 Å². The molecule has 23 heavy (non-hydrogen) atoms. The molecule has 1 N–H and O–H groups in total. The van der Waals surface area contributed by atoms with Crippen LogP contribution in [0.4, 0.5) is 5.82 Å². The number of rotatable bonds is 5. The SMILES string of the molecule is Clc1nc2sccn2c1CNC[C@@H]1CCCN1c1cccnn1. The Morgan fingerprint density at radius 2 is 2.39 bits per heavy atom. The maximum atomic E-state index is 6.24. The molecule has 1 atom stereocenters. The predicted octanol–water partition coefficient (Wildman–Crippen LogP) is 2.60. The standard InChI is InChI=1S/C15H17ClN6S/c16-14-12(22-7-8-23-15(22)19-14)10-17-9-11-3-2-6-21(11)13-4-1-5-18-20-13/h1,4-5,7-8,11,17H,2-3,6,9-10H2/t11-/m0/s1. The summed E-state index contributed by atoms with van der Waals surface area (Å²) in [5.74, 6) is 0.958. The second-order valence-corrected chi connectivity index (χ2v) is 6.84. The van der Waals surface area contributed by atoms with Gasteiger partial charge in [0.25, 0.3) is 0 Å². The highest BCUT2D eigenvalue weighted by molar-refractivity contribution is 7.15. The van der Waals surface area contributed by atoms with E-state index in [0.717, 1.165) is 36.0 Å². The highest BCUT2D eigenvalue weighted by Crippen LogP contribution is 2.23. The van der Waals surface area contributed by atoms with Crippen molar-refractivity contribution in [2.75, 3.05) is 18.0 Å². The number of nitrogens with one attached hydrogen (secondary N) is 1. The quantitative estimate of drug-likeness (QED) is 0.768. The molecule has 1 aliphatic heterocycles. The average Bonchev–Trinajstić information content (AvgIpc) is 3.26. The smallest absolute Gasteiger partial charge is 0.195 e. The molecule has 1 aliphatic rings. The lowest BCUT2D eigenvalue weighted by molar-refractivity contribution is 0.564. The molecule has 8 heteroatoms. The lowest BCUT2D eigenvalue weighted by Crippen LogP contribution is -2.38. The van der Waals surface area contributed by atoms with Crippen LogP contribution in [0, 0.1) is 0 Å². The molecule has 0 bridgehead atoms. The Labute approximate surface area is 143 Å². The van der Waals surface area contributed by atoms with Crippen LogP contribution in [0.1, 0.15) is 18.5 Å². The van der Waals surface area contributed by atoms with E-state index >= 15 is 0 Å². The number of thiazole rings is 1. The number of halogens is 1. The molecule has 0 unspecified atom stereocenters. The average molecular weight is 349 g/mol. The molecule has 0 aliphatic carbocycles. The van der Waals surface area contributed by atoms with Crippen LogP contribution >= 0.6 is 22.9 Å². The van der Waals surface area contributed by atoms with Gasteiger partial charge in [0.15, 0.2) is 15.9 Å². The molecule has 6 nitrogen and oxygen atoms in total. The Kier molecular flexibility index (Phi) is 4.15. The molecule has 1 saturated heterocycles. The predicted molar refractivity (Wildman–Crippen MR) is 92.2 cm³/mol. The van der Waals surface area contributed by atoms with E-state index in [1.165, 1.54) is 6.42 Å². The van der Waals surface area contributed by atoms with Crippen molar-refractivity contribution < 1.29 is 0 Å². The van der Waals surface area contributed by atoms with Gasteiger partial charge in [-0.3, -0.25) is 4.40 Å². The van der Waals surface area contributed by atoms with Gasteiger partial charge in [-0.2, -0.15) is 5.10 Å². The summed E-state index contributed by atoms with van der Waals surface area (Å²) in [5, 5.41) is 14.3. The van der Waals surface area contributed by atoms with E-state index < -0.39 is 0 Å². The largest absolute Gasteiger partial charge is 0.351 e. The van der Waals surface area contributed by atoms with Gasteiger partial charge in [-0.1, -0.05) is 11.6 Å². The molecule has 0 spiro atoms. The molecule has 0 saturated carbocycles. The molecular weight excluding hydrogens is 332 g/mol. The first-order chi connectivity index (χ1) is 11.3. The molecule has 0 amide bonds. The van der Waals surface area contributed by atoms with Crippen molar-refractivity contribution >= 4 is 33.7 Å². The molecule has 4 rings (SSSR count). The number of fused-ring (bicyclic) bond motifs is 1. The van der Waals surface area contributed by atoms with E-state index in [9.17, 15) is 0 Å². The number of nitrogens with zero attached hydrogens (tertiary/aromatic N) is 5. The van der Waals surface area contributed by atoms with Crippen molar-refractivity contribution in [2.45, 2.75) is 25.4 Å². The minimum absolute atomic E-state index is 0.441. The maximum Gasteiger partial charge on any atom is 0.195 e. The topological polar surface area (TPSA) is 58.4 Å².